The normalized spacial score (nSPS) is 12.5. The number of carbonyl (C=O) groups is 1. The molecule has 0 radical (unpaired) electrons. The van der Waals surface area contributed by atoms with E-state index in [1.807, 2.05) is 13.8 Å². The van der Waals surface area contributed by atoms with E-state index >= 15 is 0 Å². The number of nitrogens with one attached hydrogen (secondary N) is 1. The number of anilines is 2. The van der Waals surface area contributed by atoms with Crippen LogP contribution in [-0.4, -0.2) is 38.8 Å². The van der Waals surface area contributed by atoms with Gasteiger partial charge in [0.25, 0.3) is 5.91 Å². The fraction of sp³-hybridized carbons (Fsp3) is 0.200. The Morgan fingerprint density at radius 3 is 2.33 bits per heavy atom. The Kier molecular flexibility index (Phi) is 7.15. The predicted octanol–water partition coefficient (Wildman–Crippen LogP) is 5.01. The van der Waals surface area contributed by atoms with E-state index in [0.29, 0.717) is 60.3 Å². The number of hydrogen-bond acceptors (Lipinski definition) is 8. The van der Waals surface area contributed by atoms with Crippen LogP contribution in [0.4, 0.5) is 11.6 Å². The molecule has 0 saturated carbocycles. The summed E-state index contributed by atoms with van der Waals surface area (Å²) in [7, 11) is 0. The molecule has 2 aromatic heterocycles. The third-order valence-electron chi connectivity index (χ3n) is 6.53. The second-order valence-corrected chi connectivity index (χ2v) is 9.25. The number of aromatic nitrogens is 3. The molecular formula is C30H25N7O2. The molecule has 0 saturated heterocycles. The van der Waals surface area contributed by atoms with Gasteiger partial charge in [-0.05, 0) is 79.9 Å². The summed E-state index contributed by atoms with van der Waals surface area (Å²) >= 11 is 0. The van der Waals surface area contributed by atoms with Gasteiger partial charge in [0.1, 0.15) is 11.4 Å². The molecule has 0 bridgehead atoms. The number of ether oxygens (including phenoxy) is 1. The van der Waals surface area contributed by atoms with Crippen LogP contribution in [0.2, 0.25) is 0 Å². The number of pyridine rings is 1. The van der Waals surface area contributed by atoms with E-state index in [4.69, 9.17) is 20.0 Å². The Morgan fingerprint density at radius 1 is 0.949 bits per heavy atom. The average molecular weight is 516 g/mol. The number of benzene rings is 2. The summed E-state index contributed by atoms with van der Waals surface area (Å²) < 4.78 is 6.43. The molecule has 9 nitrogen and oxygen atoms in total. The van der Waals surface area contributed by atoms with Gasteiger partial charge in [0, 0.05) is 37.0 Å². The van der Waals surface area contributed by atoms with Crippen LogP contribution in [0.25, 0.3) is 0 Å². The Hall–Kier alpha value is -5.28. The summed E-state index contributed by atoms with van der Waals surface area (Å²) in [6.07, 6.45) is 2.63. The van der Waals surface area contributed by atoms with Crippen LogP contribution in [0.3, 0.4) is 0 Å². The topological polar surface area (TPSA) is 128 Å². The molecule has 1 aliphatic heterocycles. The Bertz CT molecular complexity index is 1600. The summed E-state index contributed by atoms with van der Waals surface area (Å²) in [5, 5.41) is 21.7. The van der Waals surface area contributed by atoms with Crippen molar-refractivity contribution in [1.82, 2.24) is 19.9 Å². The molecular weight excluding hydrogens is 490 g/mol. The maximum atomic E-state index is 13.1. The second kappa shape index (κ2) is 11.0. The fourth-order valence-corrected chi connectivity index (χ4v) is 4.59. The minimum absolute atomic E-state index is 0.131. The monoisotopic (exact) mass is 515 g/mol. The first-order valence-corrected chi connectivity index (χ1v) is 12.5. The highest BCUT2D eigenvalue weighted by Crippen LogP contribution is 2.34. The molecule has 0 atom stereocenters. The van der Waals surface area contributed by atoms with Gasteiger partial charge in [-0.15, -0.1) is 0 Å². The highest BCUT2D eigenvalue weighted by atomic mass is 16.5. The van der Waals surface area contributed by atoms with E-state index in [9.17, 15) is 10.1 Å². The van der Waals surface area contributed by atoms with Crippen LogP contribution >= 0.6 is 0 Å². The van der Waals surface area contributed by atoms with Gasteiger partial charge >= 0.3 is 0 Å². The Labute approximate surface area is 226 Å². The molecule has 3 heterocycles. The maximum Gasteiger partial charge on any atom is 0.272 e. The van der Waals surface area contributed by atoms with Gasteiger partial charge in [0.15, 0.2) is 0 Å². The van der Waals surface area contributed by atoms with Gasteiger partial charge in [-0.25, -0.2) is 4.98 Å². The van der Waals surface area contributed by atoms with E-state index in [-0.39, 0.29) is 5.91 Å². The highest BCUT2D eigenvalue weighted by molar-refractivity contribution is 5.92. The summed E-state index contributed by atoms with van der Waals surface area (Å²) in [6.45, 7) is 4.73. The maximum absolute atomic E-state index is 13.1. The van der Waals surface area contributed by atoms with Crippen molar-refractivity contribution in [2.24, 2.45) is 0 Å². The van der Waals surface area contributed by atoms with Crippen molar-refractivity contribution in [2.75, 3.05) is 18.4 Å². The summed E-state index contributed by atoms with van der Waals surface area (Å²) in [4.78, 5) is 28.6. The number of rotatable bonds is 5. The molecule has 1 aliphatic rings. The number of aryl methyl sites for hydroxylation is 2. The van der Waals surface area contributed by atoms with Crippen molar-refractivity contribution in [1.29, 1.82) is 10.5 Å². The second-order valence-electron chi connectivity index (χ2n) is 9.25. The smallest absolute Gasteiger partial charge is 0.272 e. The molecule has 9 heteroatoms. The number of carbonyl (C=O) groups excluding carboxylic acids is 1. The van der Waals surface area contributed by atoms with E-state index in [0.717, 1.165) is 28.1 Å². The zero-order valence-corrected chi connectivity index (χ0v) is 21.6. The highest BCUT2D eigenvalue weighted by Gasteiger charge is 2.26. The van der Waals surface area contributed by atoms with Crippen molar-refractivity contribution >= 4 is 17.5 Å². The molecule has 2 aromatic carbocycles. The van der Waals surface area contributed by atoms with Gasteiger partial charge in [0.05, 0.1) is 29.0 Å². The van der Waals surface area contributed by atoms with Crippen molar-refractivity contribution in [3.63, 3.8) is 0 Å². The number of nitrogens with zero attached hydrogens (tertiary/aromatic N) is 6. The minimum Gasteiger partial charge on any atom is -0.438 e. The lowest BCUT2D eigenvalue weighted by molar-refractivity contribution is 0.0757. The van der Waals surface area contributed by atoms with E-state index in [1.54, 1.807) is 65.7 Å². The van der Waals surface area contributed by atoms with Crippen molar-refractivity contribution in [3.05, 3.63) is 100.0 Å². The molecule has 192 valence electrons. The molecule has 4 aromatic rings. The Balaban J connectivity index is 1.50. The van der Waals surface area contributed by atoms with Crippen LogP contribution in [0.15, 0.2) is 60.8 Å². The summed E-state index contributed by atoms with van der Waals surface area (Å²) in [5.41, 5.74) is 5.50. The lowest BCUT2D eigenvalue weighted by atomic mass is 10.1. The largest absolute Gasteiger partial charge is 0.438 e. The third-order valence-corrected chi connectivity index (χ3v) is 6.53. The van der Waals surface area contributed by atoms with Gasteiger partial charge in [-0.1, -0.05) is 6.07 Å². The van der Waals surface area contributed by atoms with Crippen molar-refractivity contribution in [3.8, 4) is 23.8 Å². The third kappa shape index (κ3) is 5.53. The SMILES string of the molecule is Cc1cc(C#N)cc(C)c1Oc1nc(Nc2ccc(C#N)cc2)nc2c1CCN(C(=O)c1ccccn1)CC2. The number of fused-ring (bicyclic) bond motifs is 1. The van der Waals surface area contributed by atoms with Crippen LogP contribution in [0.5, 0.6) is 11.6 Å². The average Bonchev–Trinajstić information content (AvgIpc) is 3.18. The molecule has 39 heavy (non-hydrogen) atoms. The molecule has 0 fully saturated rings. The van der Waals surface area contributed by atoms with E-state index < -0.39 is 0 Å². The van der Waals surface area contributed by atoms with Crippen molar-refractivity contribution in [2.45, 2.75) is 26.7 Å². The van der Waals surface area contributed by atoms with Crippen LogP contribution in [0.1, 0.15) is 44.0 Å². The standard InChI is InChI=1S/C30H25N7O2/c1-19-15-22(18-32)16-20(2)27(19)39-28-24-10-13-37(29(38)26-5-3-4-12-33-26)14-11-25(24)35-30(36-28)34-23-8-6-21(17-31)7-9-23/h3-9,12,15-16H,10-11,13-14H2,1-2H3,(H,34,35,36). The predicted molar refractivity (Wildman–Crippen MR) is 145 cm³/mol. The lowest BCUT2D eigenvalue weighted by Gasteiger charge is -2.19. The fourth-order valence-electron chi connectivity index (χ4n) is 4.59. The molecule has 0 unspecified atom stereocenters. The van der Waals surface area contributed by atoms with Crippen LogP contribution < -0.4 is 10.1 Å². The van der Waals surface area contributed by atoms with E-state index in [2.05, 4.69) is 22.4 Å². The van der Waals surface area contributed by atoms with Gasteiger partial charge in [-0.2, -0.15) is 15.5 Å². The van der Waals surface area contributed by atoms with Gasteiger partial charge in [-0.3, -0.25) is 9.78 Å². The quantitative estimate of drug-likeness (QED) is 0.393. The zero-order chi connectivity index (χ0) is 27.4. The molecule has 1 amide bonds. The molecule has 5 rings (SSSR count). The van der Waals surface area contributed by atoms with E-state index in [1.165, 1.54) is 0 Å². The molecule has 0 aliphatic carbocycles. The van der Waals surface area contributed by atoms with Crippen LogP contribution in [-0.2, 0) is 12.8 Å². The number of amides is 1. The lowest BCUT2D eigenvalue weighted by Crippen LogP contribution is -2.33. The Morgan fingerprint density at radius 2 is 1.67 bits per heavy atom. The van der Waals surface area contributed by atoms with Gasteiger partial charge in [0.2, 0.25) is 11.8 Å². The first-order chi connectivity index (χ1) is 18.9. The molecule has 1 N–H and O–H groups in total. The first-order valence-electron chi connectivity index (χ1n) is 12.5. The first kappa shape index (κ1) is 25.4. The van der Waals surface area contributed by atoms with Crippen LogP contribution in [0, 0.1) is 36.5 Å². The minimum atomic E-state index is -0.131. The number of hydrogen-bond donors (Lipinski definition) is 1. The molecule has 0 spiro atoms. The van der Waals surface area contributed by atoms with Crippen molar-refractivity contribution < 1.29 is 9.53 Å². The number of nitriles is 2. The zero-order valence-electron chi connectivity index (χ0n) is 21.6. The summed E-state index contributed by atoms with van der Waals surface area (Å²) in [5.74, 6) is 1.25. The van der Waals surface area contributed by atoms with Gasteiger partial charge < -0.3 is 15.0 Å². The summed E-state index contributed by atoms with van der Waals surface area (Å²) in [6, 6.07) is 20.2.